The number of aliphatic hydroxyl groups is 1. The van der Waals surface area contributed by atoms with E-state index >= 15 is 0 Å². The smallest absolute Gasteiger partial charge is 0.319 e. The fourth-order valence-corrected chi connectivity index (χ4v) is 2.16. The Morgan fingerprint density at radius 2 is 2.05 bits per heavy atom. The highest BCUT2D eigenvalue weighted by molar-refractivity contribution is 5.89. The van der Waals surface area contributed by atoms with Crippen LogP contribution in [0.3, 0.4) is 0 Å². The number of hydrogen-bond donors (Lipinski definition) is 4. The van der Waals surface area contributed by atoms with Gasteiger partial charge in [0.1, 0.15) is 0 Å². The van der Waals surface area contributed by atoms with E-state index in [2.05, 4.69) is 20.8 Å². The molecule has 21 heavy (non-hydrogen) atoms. The quantitative estimate of drug-likeness (QED) is 0.677. The van der Waals surface area contributed by atoms with Gasteiger partial charge in [0.05, 0.1) is 12.3 Å². The molecular weight excluding hydrogens is 268 g/mol. The molecule has 1 aromatic heterocycles. The van der Waals surface area contributed by atoms with Gasteiger partial charge in [-0.1, -0.05) is 12.1 Å². The standard InChI is InChI=1S/C15H18N4O2/c20-10-15(6-7-15)9-16-14(21)18-12-3-1-11(2-4-12)13-5-8-17-19-13/h1-5,8,20H,6-7,9-10H2,(H,17,19)(H2,16,18,21). The summed E-state index contributed by atoms with van der Waals surface area (Å²) in [6.45, 7) is 0.647. The van der Waals surface area contributed by atoms with E-state index < -0.39 is 0 Å². The lowest BCUT2D eigenvalue weighted by atomic mass is 10.1. The van der Waals surface area contributed by atoms with E-state index in [-0.39, 0.29) is 18.1 Å². The van der Waals surface area contributed by atoms with E-state index in [9.17, 15) is 9.90 Å². The SMILES string of the molecule is O=C(NCC1(CO)CC1)Nc1ccc(-c2ccn[nH]2)cc1. The van der Waals surface area contributed by atoms with E-state index in [0.29, 0.717) is 6.54 Å². The van der Waals surface area contributed by atoms with Crippen LogP contribution in [0.1, 0.15) is 12.8 Å². The van der Waals surface area contributed by atoms with Crippen LogP contribution in [0, 0.1) is 5.41 Å². The number of urea groups is 1. The third-order valence-corrected chi connectivity index (χ3v) is 3.87. The molecule has 0 bridgehead atoms. The number of carbonyl (C=O) groups excluding carboxylic acids is 1. The first kappa shape index (κ1) is 13.6. The zero-order valence-corrected chi connectivity index (χ0v) is 11.6. The number of nitrogens with zero attached hydrogens (tertiary/aromatic N) is 1. The molecule has 3 rings (SSSR count). The molecule has 0 saturated heterocycles. The Kier molecular flexibility index (Phi) is 3.62. The van der Waals surface area contributed by atoms with E-state index in [0.717, 1.165) is 29.8 Å². The van der Waals surface area contributed by atoms with Gasteiger partial charge in [-0.3, -0.25) is 5.10 Å². The number of aromatic nitrogens is 2. The number of amides is 2. The lowest BCUT2D eigenvalue weighted by Gasteiger charge is -2.13. The van der Waals surface area contributed by atoms with Crippen molar-refractivity contribution in [3.05, 3.63) is 36.5 Å². The van der Waals surface area contributed by atoms with Crippen molar-refractivity contribution in [1.82, 2.24) is 15.5 Å². The summed E-state index contributed by atoms with van der Waals surface area (Å²) >= 11 is 0. The van der Waals surface area contributed by atoms with Crippen molar-refractivity contribution in [2.75, 3.05) is 18.5 Å². The van der Waals surface area contributed by atoms with Crippen LogP contribution in [0.4, 0.5) is 10.5 Å². The number of rotatable bonds is 5. The second-order valence-corrected chi connectivity index (χ2v) is 5.51. The van der Waals surface area contributed by atoms with E-state index in [1.165, 1.54) is 0 Å². The third-order valence-electron chi connectivity index (χ3n) is 3.87. The molecule has 6 nitrogen and oxygen atoms in total. The Hall–Kier alpha value is -2.34. The second kappa shape index (κ2) is 5.57. The van der Waals surface area contributed by atoms with Crippen LogP contribution in [-0.4, -0.2) is 34.5 Å². The molecule has 1 aliphatic carbocycles. The zero-order valence-electron chi connectivity index (χ0n) is 11.6. The number of hydrogen-bond acceptors (Lipinski definition) is 3. The van der Waals surface area contributed by atoms with Gasteiger partial charge in [-0.25, -0.2) is 4.79 Å². The number of nitrogens with one attached hydrogen (secondary N) is 3. The first-order valence-corrected chi connectivity index (χ1v) is 6.96. The third kappa shape index (κ3) is 3.22. The van der Waals surface area contributed by atoms with Crippen molar-refractivity contribution in [3.63, 3.8) is 0 Å². The molecule has 2 amide bonds. The largest absolute Gasteiger partial charge is 0.396 e. The molecule has 1 aromatic carbocycles. The van der Waals surface area contributed by atoms with Crippen LogP contribution < -0.4 is 10.6 Å². The van der Waals surface area contributed by atoms with Crippen LogP contribution in [0.2, 0.25) is 0 Å². The van der Waals surface area contributed by atoms with E-state index in [4.69, 9.17) is 0 Å². The molecular formula is C15H18N4O2. The first-order chi connectivity index (χ1) is 10.2. The summed E-state index contributed by atoms with van der Waals surface area (Å²) in [4.78, 5) is 11.8. The minimum absolute atomic E-state index is 0.0815. The molecule has 4 N–H and O–H groups in total. The van der Waals surface area contributed by atoms with Crippen LogP contribution >= 0.6 is 0 Å². The van der Waals surface area contributed by atoms with Crippen molar-refractivity contribution < 1.29 is 9.90 Å². The maximum Gasteiger partial charge on any atom is 0.319 e. The van der Waals surface area contributed by atoms with Gasteiger partial charge in [-0.05, 0) is 36.6 Å². The Balaban J connectivity index is 1.54. The highest BCUT2D eigenvalue weighted by Crippen LogP contribution is 2.44. The maximum atomic E-state index is 11.8. The Morgan fingerprint density at radius 3 is 2.62 bits per heavy atom. The Bertz CT molecular complexity index is 603. The molecule has 1 saturated carbocycles. The monoisotopic (exact) mass is 286 g/mol. The first-order valence-electron chi connectivity index (χ1n) is 6.96. The van der Waals surface area contributed by atoms with Crippen LogP contribution in [0.5, 0.6) is 0 Å². The van der Waals surface area contributed by atoms with Crippen LogP contribution in [-0.2, 0) is 0 Å². The summed E-state index contributed by atoms with van der Waals surface area (Å²) in [5.74, 6) is 0. The normalized spacial score (nSPS) is 15.5. The molecule has 110 valence electrons. The Morgan fingerprint density at radius 1 is 1.29 bits per heavy atom. The summed E-state index contributed by atoms with van der Waals surface area (Å²) in [6.07, 6.45) is 3.65. The number of aliphatic hydroxyl groups excluding tert-OH is 1. The lowest BCUT2D eigenvalue weighted by molar-refractivity contribution is 0.206. The molecule has 0 unspecified atom stereocenters. The van der Waals surface area contributed by atoms with Crippen molar-refractivity contribution in [1.29, 1.82) is 0 Å². The molecule has 1 fully saturated rings. The number of aromatic amines is 1. The van der Waals surface area contributed by atoms with Crippen molar-refractivity contribution >= 4 is 11.7 Å². The number of H-pyrrole nitrogens is 1. The number of anilines is 1. The topological polar surface area (TPSA) is 90.0 Å². The zero-order chi connectivity index (χ0) is 14.7. The molecule has 0 spiro atoms. The van der Waals surface area contributed by atoms with Gasteiger partial charge in [0.25, 0.3) is 0 Å². The molecule has 0 atom stereocenters. The predicted octanol–water partition coefficient (Wildman–Crippen LogP) is 1.97. The minimum atomic E-state index is -0.246. The predicted molar refractivity (Wildman–Crippen MR) is 79.8 cm³/mol. The number of carbonyl (C=O) groups is 1. The minimum Gasteiger partial charge on any atom is -0.396 e. The van der Waals surface area contributed by atoms with E-state index in [1.807, 2.05) is 30.3 Å². The van der Waals surface area contributed by atoms with E-state index in [1.54, 1.807) is 6.20 Å². The highest BCUT2D eigenvalue weighted by Gasteiger charge is 2.42. The summed E-state index contributed by atoms with van der Waals surface area (Å²) in [5.41, 5.74) is 2.59. The summed E-state index contributed by atoms with van der Waals surface area (Å²) in [6, 6.07) is 9.16. The highest BCUT2D eigenvalue weighted by atomic mass is 16.3. The number of benzene rings is 1. The van der Waals surface area contributed by atoms with Gasteiger partial charge in [0.15, 0.2) is 0 Å². The lowest BCUT2D eigenvalue weighted by Crippen LogP contribution is -2.35. The molecule has 1 aliphatic rings. The molecule has 2 aromatic rings. The fourth-order valence-electron chi connectivity index (χ4n) is 2.16. The van der Waals surface area contributed by atoms with Crippen molar-refractivity contribution in [2.45, 2.75) is 12.8 Å². The average Bonchev–Trinajstić information content (AvgIpc) is 3.09. The fraction of sp³-hybridized carbons (Fsp3) is 0.333. The van der Waals surface area contributed by atoms with Crippen LogP contribution in [0.15, 0.2) is 36.5 Å². The molecule has 6 heteroatoms. The van der Waals surface area contributed by atoms with Crippen LogP contribution in [0.25, 0.3) is 11.3 Å². The molecule has 0 radical (unpaired) electrons. The molecule has 0 aliphatic heterocycles. The van der Waals surface area contributed by atoms with Crippen molar-refractivity contribution in [2.24, 2.45) is 5.41 Å². The van der Waals surface area contributed by atoms with Gasteiger partial charge in [-0.15, -0.1) is 0 Å². The van der Waals surface area contributed by atoms with Gasteiger partial charge < -0.3 is 15.7 Å². The van der Waals surface area contributed by atoms with Gasteiger partial charge in [0, 0.05) is 23.8 Å². The van der Waals surface area contributed by atoms with Gasteiger partial charge >= 0.3 is 6.03 Å². The summed E-state index contributed by atoms with van der Waals surface area (Å²) in [5, 5.41) is 21.6. The van der Waals surface area contributed by atoms with Crippen molar-refractivity contribution in [3.8, 4) is 11.3 Å². The molecule has 1 heterocycles. The average molecular weight is 286 g/mol. The maximum absolute atomic E-state index is 11.8. The summed E-state index contributed by atoms with van der Waals surface area (Å²) in [7, 11) is 0. The van der Waals surface area contributed by atoms with Gasteiger partial charge in [0.2, 0.25) is 0 Å². The Labute approximate surface area is 122 Å². The summed E-state index contributed by atoms with van der Waals surface area (Å²) < 4.78 is 0. The second-order valence-electron chi connectivity index (χ2n) is 5.51. The van der Waals surface area contributed by atoms with Gasteiger partial charge in [-0.2, -0.15) is 5.10 Å².